The number of carbonyl (C=O) groups excluding carboxylic acids is 2. The van der Waals surface area contributed by atoms with E-state index in [2.05, 4.69) is 0 Å². The zero-order chi connectivity index (χ0) is 21.9. The van der Waals surface area contributed by atoms with E-state index in [-0.39, 0.29) is 13.2 Å². The normalized spacial score (nSPS) is 11.9. The van der Waals surface area contributed by atoms with Crippen molar-refractivity contribution >= 4 is 18.0 Å². The lowest BCUT2D eigenvalue weighted by Crippen LogP contribution is -2.32. The summed E-state index contributed by atoms with van der Waals surface area (Å²) in [6.45, 7) is 3.75. The van der Waals surface area contributed by atoms with Crippen molar-refractivity contribution < 1.29 is 28.5 Å². The Morgan fingerprint density at radius 2 is 1.27 bits per heavy atom. The molecule has 0 aromatic heterocycles. The Kier molecular flexibility index (Phi) is 8.94. The van der Waals surface area contributed by atoms with Gasteiger partial charge in [-0.05, 0) is 49.2 Å². The Hall–Kier alpha value is -3.28. The van der Waals surface area contributed by atoms with Crippen molar-refractivity contribution in [2.24, 2.45) is 5.92 Å². The molecule has 1 atom stereocenters. The van der Waals surface area contributed by atoms with Gasteiger partial charge in [-0.15, -0.1) is 0 Å². The van der Waals surface area contributed by atoms with Gasteiger partial charge >= 0.3 is 11.9 Å². The van der Waals surface area contributed by atoms with Crippen LogP contribution in [-0.2, 0) is 19.1 Å². The molecule has 6 nitrogen and oxygen atoms in total. The van der Waals surface area contributed by atoms with Crippen LogP contribution in [0.3, 0.4) is 0 Å². The molecule has 2 aromatic rings. The maximum absolute atomic E-state index is 12.7. The van der Waals surface area contributed by atoms with E-state index in [1.54, 1.807) is 40.2 Å². The molecule has 2 rings (SSSR count). The van der Waals surface area contributed by atoms with Gasteiger partial charge in [0.05, 0.1) is 27.4 Å². The first kappa shape index (κ1) is 23.0. The molecule has 0 N–H and O–H groups in total. The molecule has 30 heavy (non-hydrogen) atoms. The molecule has 1 unspecified atom stereocenters. The van der Waals surface area contributed by atoms with E-state index in [4.69, 9.17) is 18.9 Å². The third-order valence-corrected chi connectivity index (χ3v) is 4.55. The molecule has 0 spiro atoms. The van der Waals surface area contributed by atoms with Crippen LogP contribution in [0.15, 0.2) is 54.6 Å². The molecule has 0 saturated heterocycles. The SMILES string of the molecule is CCOC(=O)C(C(=O)OCC)C(/C=C/c1ccc(OC)cc1)c1ccc(OC)cc1. The zero-order valence-electron chi connectivity index (χ0n) is 17.8. The van der Waals surface area contributed by atoms with Gasteiger partial charge in [-0.1, -0.05) is 36.4 Å². The highest BCUT2D eigenvalue weighted by molar-refractivity contribution is 5.96. The number of ether oxygens (including phenoxy) is 4. The molecular formula is C24H28O6. The molecule has 0 aliphatic carbocycles. The lowest BCUT2D eigenvalue weighted by atomic mass is 9.85. The van der Waals surface area contributed by atoms with E-state index in [9.17, 15) is 9.59 Å². The quantitative estimate of drug-likeness (QED) is 0.429. The Morgan fingerprint density at radius 3 is 1.70 bits per heavy atom. The second-order valence-corrected chi connectivity index (χ2v) is 6.41. The molecule has 0 bridgehead atoms. The van der Waals surface area contributed by atoms with Gasteiger partial charge in [0.25, 0.3) is 0 Å². The first-order chi connectivity index (χ1) is 14.5. The standard InChI is InChI=1S/C24H28O6/c1-5-29-23(25)22(24(26)30-6-2)21(18-10-14-20(28-4)15-11-18)16-9-17-7-12-19(27-3)13-8-17/h7-16,21-22H,5-6H2,1-4H3/b16-9+. The van der Waals surface area contributed by atoms with Crippen LogP contribution < -0.4 is 9.47 Å². The summed E-state index contributed by atoms with van der Waals surface area (Å²) in [7, 11) is 3.18. The first-order valence-corrected chi connectivity index (χ1v) is 9.83. The minimum Gasteiger partial charge on any atom is -0.497 e. The molecule has 160 valence electrons. The predicted octanol–water partition coefficient (Wildman–Crippen LogP) is 4.24. The van der Waals surface area contributed by atoms with Gasteiger partial charge in [0.1, 0.15) is 11.5 Å². The van der Waals surface area contributed by atoms with Crippen LogP contribution in [0.25, 0.3) is 6.08 Å². The number of carbonyl (C=O) groups is 2. The fourth-order valence-electron chi connectivity index (χ4n) is 3.02. The van der Waals surface area contributed by atoms with Crippen LogP contribution >= 0.6 is 0 Å². The Bertz CT molecular complexity index is 821. The highest BCUT2D eigenvalue weighted by atomic mass is 16.6. The van der Waals surface area contributed by atoms with Gasteiger partial charge in [0, 0.05) is 5.92 Å². The summed E-state index contributed by atoms with van der Waals surface area (Å²) in [6.07, 6.45) is 3.68. The number of allylic oxidation sites excluding steroid dienone is 1. The molecule has 2 aromatic carbocycles. The Morgan fingerprint density at radius 1 is 0.800 bits per heavy atom. The number of hydrogen-bond acceptors (Lipinski definition) is 6. The average molecular weight is 412 g/mol. The van der Waals surface area contributed by atoms with Crippen LogP contribution in [-0.4, -0.2) is 39.4 Å². The van der Waals surface area contributed by atoms with Gasteiger partial charge in [-0.3, -0.25) is 9.59 Å². The summed E-state index contributed by atoms with van der Waals surface area (Å²) in [5, 5.41) is 0. The fourth-order valence-corrected chi connectivity index (χ4v) is 3.02. The fraction of sp³-hybridized carbons (Fsp3) is 0.333. The number of rotatable bonds is 10. The average Bonchev–Trinajstić information content (AvgIpc) is 2.77. The third-order valence-electron chi connectivity index (χ3n) is 4.55. The van der Waals surface area contributed by atoms with E-state index in [1.165, 1.54) is 0 Å². The smallest absolute Gasteiger partial charge is 0.321 e. The van der Waals surface area contributed by atoms with E-state index in [0.717, 1.165) is 16.9 Å². The second-order valence-electron chi connectivity index (χ2n) is 6.41. The molecule has 0 radical (unpaired) electrons. The number of hydrogen-bond donors (Lipinski definition) is 0. The number of methoxy groups -OCH3 is 2. The maximum atomic E-state index is 12.7. The summed E-state index contributed by atoms with van der Waals surface area (Å²) in [6, 6.07) is 14.7. The van der Waals surface area contributed by atoms with Crippen LogP contribution in [0.4, 0.5) is 0 Å². The van der Waals surface area contributed by atoms with Gasteiger partial charge in [-0.25, -0.2) is 0 Å². The van der Waals surface area contributed by atoms with Gasteiger partial charge in [0.15, 0.2) is 5.92 Å². The molecule has 6 heteroatoms. The highest BCUT2D eigenvalue weighted by Crippen LogP contribution is 2.31. The van der Waals surface area contributed by atoms with Gasteiger partial charge in [0.2, 0.25) is 0 Å². The third kappa shape index (κ3) is 6.11. The van der Waals surface area contributed by atoms with Crippen LogP contribution in [0.1, 0.15) is 30.9 Å². The minimum atomic E-state index is -1.12. The lowest BCUT2D eigenvalue weighted by molar-refractivity contribution is -0.162. The van der Waals surface area contributed by atoms with Crippen molar-refractivity contribution in [3.05, 3.63) is 65.7 Å². The minimum absolute atomic E-state index is 0.173. The molecule has 0 aliphatic rings. The number of esters is 2. The van der Waals surface area contributed by atoms with Gasteiger partial charge in [-0.2, -0.15) is 0 Å². The van der Waals surface area contributed by atoms with E-state index in [0.29, 0.717) is 5.75 Å². The second kappa shape index (κ2) is 11.7. The molecular weight excluding hydrogens is 384 g/mol. The zero-order valence-corrected chi connectivity index (χ0v) is 17.8. The van der Waals surface area contributed by atoms with Crippen LogP contribution in [0, 0.1) is 5.92 Å². The van der Waals surface area contributed by atoms with Crippen molar-refractivity contribution in [2.45, 2.75) is 19.8 Å². The van der Waals surface area contributed by atoms with Crippen molar-refractivity contribution in [3.63, 3.8) is 0 Å². The molecule has 0 heterocycles. The summed E-state index contributed by atoms with van der Waals surface area (Å²) in [4.78, 5) is 25.4. The summed E-state index contributed by atoms with van der Waals surface area (Å²) in [5.74, 6) is -1.49. The Labute approximate surface area is 177 Å². The van der Waals surface area contributed by atoms with Gasteiger partial charge < -0.3 is 18.9 Å². The van der Waals surface area contributed by atoms with E-state index >= 15 is 0 Å². The van der Waals surface area contributed by atoms with Crippen molar-refractivity contribution in [2.75, 3.05) is 27.4 Å². The van der Waals surface area contributed by atoms with Crippen LogP contribution in [0.2, 0.25) is 0 Å². The van der Waals surface area contributed by atoms with Crippen molar-refractivity contribution in [3.8, 4) is 11.5 Å². The summed E-state index contributed by atoms with van der Waals surface area (Å²) in [5.41, 5.74) is 1.67. The molecule has 0 fully saturated rings. The first-order valence-electron chi connectivity index (χ1n) is 9.83. The van der Waals surface area contributed by atoms with Crippen molar-refractivity contribution in [1.29, 1.82) is 0 Å². The lowest BCUT2D eigenvalue weighted by Gasteiger charge is -2.22. The topological polar surface area (TPSA) is 71.1 Å². The maximum Gasteiger partial charge on any atom is 0.321 e. The Balaban J connectivity index is 2.46. The van der Waals surface area contributed by atoms with E-state index in [1.807, 2.05) is 48.6 Å². The molecule has 0 aliphatic heterocycles. The number of benzene rings is 2. The molecule has 0 saturated carbocycles. The van der Waals surface area contributed by atoms with Crippen molar-refractivity contribution in [1.82, 2.24) is 0 Å². The predicted molar refractivity (Wildman–Crippen MR) is 115 cm³/mol. The largest absolute Gasteiger partial charge is 0.497 e. The van der Waals surface area contributed by atoms with Crippen LogP contribution in [0.5, 0.6) is 11.5 Å². The monoisotopic (exact) mass is 412 g/mol. The highest BCUT2D eigenvalue weighted by Gasteiger charge is 2.37. The summed E-state index contributed by atoms with van der Waals surface area (Å²) >= 11 is 0. The molecule has 0 amide bonds. The summed E-state index contributed by atoms with van der Waals surface area (Å²) < 4.78 is 20.8. The van der Waals surface area contributed by atoms with E-state index < -0.39 is 23.8 Å².